The molecule has 148 valence electrons. The van der Waals surface area contributed by atoms with Crippen LogP contribution in [0.3, 0.4) is 0 Å². The van der Waals surface area contributed by atoms with Crippen LogP contribution in [-0.4, -0.2) is 49.4 Å². The molecule has 3 rings (SSSR count). The molecular formula is C22H26ClN3O2. The van der Waals surface area contributed by atoms with E-state index in [2.05, 4.69) is 4.90 Å². The molecule has 1 aliphatic rings. The fraction of sp³-hybridized carbons (Fsp3) is 0.364. The Kier molecular flexibility index (Phi) is 6.25. The van der Waals surface area contributed by atoms with E-state index < -0.39 is 0 Å². The van der Waals surface area contributed by atoms with Crippen molar-refractivity contribution in [3.63, 3.8) is 0 Å². The van der Waals surface area contributed by atoms with Crippen LogP contribution in [0.1, 0.15) is 18.1 Å². The van der Waals surface area contributed by atoms with Gasteiger partial charge in [0, 0.05) is 49.5 Å². The molecular weight excluding hydrogens is 374 g/mol. The maximum Gasteiger partial charge on any atom is 0.242 e. The van der Waals surface area contributed by atoms with Crippen LogP contribution in [0.15, 0.2) is 42.5 Å². The fourth-order valence-corrected chi connectivity index (χ4v) is 3.58. The number of aryl methyl sites for hydroxylation is 2. The SMILES string of the molecule is CC(=O)N(CC(=O)N1CCN(c2cccc(Cl)c2)CC1)c1ccc(C)c(C)c1. The molecule has 1 heterocycles. The van der Waals surface area contributed by atoms with Crippen LogP contribution in [0.4, 0.5) is 11.4 Å². The molecule has 0 aromatic heterocycles. The largest absolute Gasteiger partial charge is 0.368 e. The number of hydrogen-bond acceptors (Lipinski definition) is 3. The monoisotopic (exact) mass is 399 g/mol. The number of nitrogens with zero attached hydrogens (tertiary/aromatic N) is 3. The van der Waals surface area contributed by atoms with Gasteiger partial charge in [0.25, 0.3) is 0 Å². The summed E-state index contributed by atoms with van der Waals surface area (Å²) in [6, 6.07) is 13.6. The van der Waals surface area contributed by atoms with E-state index in [0.717, 1.165) is 35.6 Å². The van der Waals surface area contributed by atoms with Gasteiger partial charge in [0.2, 0.25) is 11.8 Å². The molecule has 1 fully saturated rings. The van der Waals surface area contributed by atoms with Gasteiger partial charge in [-0.15, -0.1) is 0 Å². The van der Waals surface area contributed by atoms with Crippen molar-refractivity contribution in [1.29, 1.82) is 0 Å². The molecule has 28 heavy (non-hydrogen) atoms. The minimum Gasteiger partial charge on any atom is -0.368 e. The molecule has 1 aliphatic heterocycles. The molecule has 2 aromatic rings. The number of hydrogen-bond donors (Lipinski definition) is 0. The first-order chi connectivity index (χ1) is 13.3. The molecule has 0 N–H and O–H groups in total. The predicted molar refractivity (Wildman–Crippen MR) is 114 cm³/mol. The van der Waals surface area contributed by atoms with Crippen LogP contribution < -0.4 is 9.80 Å². The van der Waals surface area contributed by atoms with Crippen LogP contribution in [0.25, 0.3) is 0 Å². The highest BCUT2D eigenvalue weighted by atomic mass is 35.5. The summed E-state index contributed by atoms with van der Waals surface area (Å²) in [7, 11) is 0. The van der Waals surface area contributed by atoms with Gasteiger partial charge < -0.3 is 14.7 Å². The molecule has 2 aromatic carbocycles. The van der Waals surface area contributed by atoms with Crippen molar-refractivity contribution in [3.8, 4) is 0 Å². The van der Waals surface area contributed by atoms with Crippen LogP contribution >= 0.6 is 11.6 Å². The number of rotatable bonds is 4. The number of carbonyl (C=O) groups is 2. The van der Waals surface area contributed by atoms with Gasteiger partial charge in [-0.2, -0.15) is 0 Å². The van der Waals surface area contributed by atoms with Gasteiger partial charge in [0.05, 0.1) is 0 Å². The molecule has 0 radical (unpaired) electrons. The zero-order chi connectivity index (χ0) is 20.3. The van der Waals surface area contributed by atoms with Crippen molar-refractivity contribution in [2.45, 2.75) is 20.8 Å². The summed E-state index contributed by atoms with van der Waals surface area (Å²) < 4.78 is 0. The van der Waals surface area contributed by atoms with E-state index in [0.29, 0.717) is 18.1 Å². The smallest absolute Gasteiger partial charge is 0.242 e. The third-order valence-corrected chi connectivity index (χ3v) is 5.52. The van der Waals surface area contributed by atoms with E-state index in [9.17, 15) is 9.59 Å². The summed E-state index contributed by atoms with van der Waals surface area (Å²) >= 11 is 6.08. The highest BCUT2D eigenvalue weighted by Gasteiger charge is 2.24. The Morgan fingerprint density at radius 1 is 1.00 bits per heavy atom. The highest BCUT2D eigenvalue weighted by Crippen LogP contribution is 2.22. The highest BCUT2D eigenvalue weighted by molar-refractivity contribution is 6.30. The molecule has 1 saturated heterocycles. The minimum absolute atomic E-state index is 0.0285. The molecule has 0 atom stereocenters. The van der Waals surface area contributed by atoms with Gasteiger partial charge in [-0.25, -0.2) is 0 Å². The first-order valence-electron chi connectivity index (χ1n) is 9.49. The second-order valence-corrected chi connectivity index (χ2v) is 7.66. The van der Waals surface area contributed by atoms with E-state index in [1.54, 1.807) is 4.90 Å². The van der Waals surface area contributed by atoms with E-state index >= 15 is 0 Å². The average Bonchev–Trinajstić information content (AvgIpc) is 2.68. The quantitative estimate of drug-likeness (QED) is 0.788. The zero-order valence-corrected chi connectivity index (χ0v) is 17.4. The molecule has 0 aliphatic carbocycles. The number of piperazine rings is 1. The van der Waals surface area contributed by atoms with Crippen LogP contribution in [-0.2, 0) is 9.59 Å². The van der Waals surface area contributed by atoms with Crippen molar-refractivity contribution in [2.75, 3.05) is 42.5 Å². The van der Waals surface area contributed by atoms with Crippen molar-refractivity contribution in [2.24, 2.45) is 0 Å². The van der Waals surface area contributed by atoms with Gasteiger partial charge in [-0.3, -0.25) is 9.59 Å². The minimum atomic E-state index is -0.130. The average molecular weight is 400 g/mol. The van der Waals surface area contributed by atoms with E-state index in [1.165, 1.54) is 6.92 Å². The molecule has 0 spiro atoms. The van der Waals surface area contributed by atoms with Gasteiger partial charge >= 0.3 is 0 Å². The predicted octanol–water partition coefficient (Wildman–Crippen LogP) is 3.66. The lowest BCUT2D eigenvalue weighted by atomic mass is 10.1. The lowest BCUT2D eigenvalue weighted by Crippen LogP contribution is -2.51. The summed E-state index contributed by atoms with van der Waals surface area (Å²) in [5.74, 6) is -0.159. The second kappa shape index (κ2) is 8.65. The Hall–Kier alpha value is -2.53. The lowest BCUT2D eigenvalue weighted by molar-refractivity contribution is -0.131. The van der Waals surface area contributed by atoms with Crippen LogP contribution in [0.2, 0.25) is 5.02 Å². The number of amides is 2. The molecule has 6 heteroatoms. The van der Waals surface area contributed by atoms with Gasteiger partial charge in [-0.1, -0.05) is 23.7 Å². The summed E-state index contributed by atoms with van der Waals surface area (Å²) in [6.45, 7) is 8.35. The van der Waals surface area contributed by atoms with E-state index in [4.69, 9.17) is 11.6 Å². The molecule has 5 nitrogen and oxygen atoms in total. The summed E-state index contributed by atoms with van der Waals surface area (Å²) in [5.41, 5.74) is 4.10. The first-order valence-corrected chi connectivity index (χ1v) is 9.86. The molecule has 2 amide bonds. The first kappa shape index (κ1) is 20.2. The Balaban J connectivity index is 1.63. The van der Waals surface area contributed by atoms with E-state index in [1.807, 2.05) is 61.2 Å². The number of halogens is 1. The second-order valence-electron chi connectivity index (χ2n) is 7.22. The topological polar surface area (TPSA) is 43.9 Å². The van der Waals surface area contributed by atoms with Gasteiger partial charge in [0.15, 0.2) is 0 Å². The maximum absolute atomic E-state index is 12.8. The standard InChI is InChI=1S/C22H26ClN3O2/c1-16-7-8-21(13-17(16)2)26(18(3)27)15-22(28)25-11-9-24(10-12-25)20-6-4-5-19(23)14-20/h4-8,13-14H,9-12,15H2,1-3H3. The van der Waals surface area contributed by atoms with E-state index in [-0.39, 0.29) is 18.4 Å². The maximum atomic E-state index is 12.8. The fourth-order valence-electron chi connectivity index (χ4n) is 3.40. The summed E-state index contributed by atoms with van der Waals surface area (Å²) in [4.78, 5) is 30.6. The summed E-state index contributed by atoms with van der Waals surface area (Å²) in [5, 5.41) is 0.710. The Labute approximate surface area is 171 Å². The normalized spacial score (nSPS) is 14.1. The third kappa shape index (κ3) is 4.65. The Morgan fingerprint density at radius 3 is 2.32 bits per heavy atom. The lowest BCUT2D eigenvalue weighted by Gasteiger charge is -2.37. The zero-order valence-electron chi connectivity index (χ0n) is 16.6. The Bertz CT molecular complexity index is 876. The molecule has 0 saturated carbocycles. The number of anilines is 2. The van der Waals surface area contributed by atoms with Crippen molar-refractivity contribution < 1.29 is 9.59 Å². The number of carbonyl (C=O) groups excluding carboxylic acids is 2. The summed E-state index contributed by atoms with van der Waals surface area (Å²) in [6.07, 6.45) is 0. The van der Waals surface area contributed by atoms with Gasteiger partial charge in [0.1, 0.15) is 6.54 Å². The van der Waals surface area contributed by atoms with Crippen molar-refractivity contribution in [1.82, 2.24) is 4.90 Å². The van der Waals surface area contributed by atoms with Crippen LogP contribution in [0, 0.1) is 13.8 Å². The molecule has 0 bridgehead atoms. The Morgan fingerprint density at radius 2 is 1.71 bits per heavy atom. The molecule has 0 unspecified atom stereocenters. The number of benzene rings is 2. The van der Waals surface area contributed by atoms with Crippen molar-refractivity contribution in [3.05, 3.63) is 58.6 Å². The van der Waals surface area contributed by atoms with Crippen LogP contribution in [0.5, 0.6) is 0 Å². The van der Waals surface area contributed by atoms with Gasteiger partial charge in [-0.05, 0) is 55.3 Å². The third-order valence-electron chi connectivity index (χ3n) is 5.28. The van der Waals surface area contributed by atoms with Crippen molar-refractivity contribution >= 4 is 34.8 Å².